The second kappa shape index (κ2) is 8.01. The third-order valence-corrected chi connectivity index (χ3v) is 4.01. The topological polar surface area (TPSA) is 24.5 Å². The molecule has 0 aliphatic heterocycles. The van der Waals surface area contributed by atoms with Crippen LogP contribution in [0.1, 0.15) is 19.4 Å². The van der Waals surface area contributed by atoms with Crippen molar-refractivity contribution in [1.82, 2.24) is 10.2 Å². The molecule has 0 heterocycles. The third kappa shape index (κ3) is 3.96. The predicted octanol–water partition coefficient (Wildman–Crippen LogP) is 3.28. The molecule has 3 heteroatoms. The minimum absolute atomic E-state index is 0.895. The van der Waals surface area contributed by atoms with Gasteiger partial charge in [-0.3, -0.25) is 0 Å². The van der Waals surface area contributed by atoms with Gasteiger partial charge in [0, 0.05) is 25.0 Å². The fourth-order valence-electron chi connectivity index (χ4n) is 2.67. The highest BCUT2D eigenvalue weighted by molar-refractivity contribution is 5.91. The lowest BCUT2D eigenvalue weighted by Gasteiger charge is -2.18. The van der Waals surface area contributed by atoms with Gasteiger partial charge in [0.1, 0.15) is 5.75 Å². The van der Waals surface area contributed by atoms with Gasteiger partial charge in [-0.15, -0.1) is 0 Å². The normalized spacial score (nSPS) is 11.2. The summed E-state index contributed by atoms with van der Waals surface area (Å²) in [5, 5.41) is 6.00. The molecule has 0 atom stereocenters. The van der Waals surface area contributed by atoms with Crippen molar-refractivity contribution in [2.45, 2.75) is 20.4 Å². The summed E-state index contributed by atoms with van der Waals surface area (Å²) in [6.45, 7) is 9.66. The van der Waals surface area contributed by atoms with Gasteiger partial charge < -0.3 is 15.0 Å². The Morgan fingerprint density at radius 3 is 2.38 bits per heavy atom. The van der Waals surface area contributed by atoms with Crippen LogP contribution < -0.4 is 10.1 Å². The molecule has 0 amide bonds. The molecular formula is C18H26N2O. The summed E-state index contributed by atoms with van der Waals surface area (Å²) in [6, 6.07) is 12.6. The van der Waals surface area contributed by atoms with Crippen LogP contribution in [0.2, 0.25) is 0 Å². The molecule has 0 fully saturated rings. The van der Waals surface area contributed by atoms with Crippen LogP contribution in [0.25, 0.3) is 10.8 Å². The van der Waals surface area contributed by atoms with Crippen LogP contribution >= 0.6 is 0 Å². The van der Waals surface area contributed by atoms with Crippen molar-refractivity contribution >= 4 is 10.8 Å². The molecule has 2 aromatic rings. The van der Waals surface area contributed by atoms with E-state index in [1.54, 1.807) is 7.11 Å². The van der Waals surface area contributed by atoms with Gasteiger partial charge in [0.25, 0.3) is 0 Å². The molecule has 2 aromatic carbocycles. The number of likely N-dealkylation sites (N-methyl/N-ethyl adjacent to an activating group) is 1. The first-order valence-electron chi connectivity index (χ1n) is 7.77. The number of ether oxygens (including phenoxy) is 1. The van der Waals surface area contributed by atoms with Crippen LogP contribution in [-0.2, 0) is 6.54 Å². The molecule has 2 rings (SSSR count). The zero-order valence-electron chi connectivity index (χ0n) is 13.4. The zero-order valence-corrected chi connectivity index (χ0v) is 13.4. The minimum Gasteiger partial charge on any atom is -0.496 e. The summed E-state index contributed by atoms with van der Waals surface area (Å²) in [5.74, 6) is 0.942. The maximum absolute atomic E-state index is 5.44. The Morgan fingerprint density at radius 2 is 1.71 bits per heavy atom. The standard InChI is InChI=1S/C18H26N2O/c1-4-20(5-2)13-12-19-14-15-10-11-18(21-3)17-9-7-6-8-16(15)17/h6-11,19H,4-5,12-14H2,1-3H3. The average Bonchev–Trinajstić information content (AvgIpc) is 2.55. The van der Waals surface area contributed by atoms with E-state index in [1.165, 1.54) is 16.3 Å². The van der Waals surface area contributed by atoms with Crippen molar-refractivity contribution in [3.8, 4) is 5.75 Å². The summed E-state index contributed by atoms with van der Waals surface area (Å²) in [7, 11) is 1.73. The highest BCUT2D eigenvalue weighted by atomic mass is 16.5. The van der Waals surface area contributed by atoms with Crippen LogP contribution in [0.4, 0.5) is 0 Å². The summed E-state index contributed by atoms with van der Waals surface area (Å²) in [4.78, 5) is 2.43. The van der Waals surface area contributed by atoms with Gasteiger partial charge in [-0.25, -0.2) is 0 Å². The lowest BCUT2D eigenvalue weighted by molar-refractivity contribution is 0.302. The Hall–Kier alpha value is -1.58. The lowest BCUT2D eigenvalue weighted by atomic mass is 10.0. The molecule has 21 heavy (non-hydrogen) atoms. The molecular weight excluding hydrogens is 260 g/mol. The van der Waals surface area contributed by atoms with Crippen LogP contribution in [0, 0.1) is 0 Å². The number of nitrogens with one attached hydrogen (secondary N) is 1. The molecule has 0 saturated heterocycles. The minimum atomic E-state index is 0.895. The van der Waals surface area contributed by atoms with Crippen molar-refractivity contribution in [1.29, 1.82) is 0 Å². The zero-order chi connectivity index (χ0) is 15.1. The molecule has 0 unspecified atom stereocenters. The summed E-state index contributed by atoms with van der Waals surface area (Å²) in [5.41, 5.74) is 1.32. The Balaban J connectivity index is 2.02. The fourth-order valence-corrected chi connectivity index (χ4v) is 2.67. The van der Waals surface area contributed by atoms with E-state index in [0.29, 0.717) is 0 Å². The van der Waals surface area contributed by atoms with Crippen molar-refractivity contribution in [3.05, 3.63) is 42.0 Å². The van der Waals surface area contributed by atoms with Crippen molar-refractivity contribution < 1.29 is 4.74 Å². The molecule has 3 nitrogen and oxygen atoms in total. The van der Waals surface area contributed by atoms with E-state index in [2.05, 4.69) is 60.5 Å². The number of hydrogen-bond acceptors (Lipinski definition) is 3. The third-order valence-electron chi connectivity index (χ3n) is 4.01. The Morgan fingerprint density at radius 1 is 1.00 bits per heavy atom. The molecule has 0 saturated carbocycles. The SMILES string of the molecule is CCN(CC)CCNCc1ccc(OC)c2ccccc12. The Labute approximate surface area is 127 Å². The number of rotatable bonds is 8. The number of hydrogen-bond donors (Lipinski definition) is 1. The largest absolute Gasteiger partial charge is 0.496 e. The van der Waals surface area contributed by atoms with Crippen LogP contribution in [-0.4, -0.2) is 38.2 Å². The molecule has 0 spiro atoms. The van der Waals surface area contributed by atoms with Gasteiger partial charge in [0.05, 0.1) is 7.11 Å². The van der Waals surface area contributed by atoms with Crippen LogP contribution in [0.3, 0.4) is 0 Å². The molecule has 114 valence electrons. The molecule has 0 aliphatic rings. The molecule has 0 radical (unpaired) electrons. The molecule has 0 aliphatic carbocycles. The maximum atomic E-state index is 5.44. The average molecular weight is 286 g/mol. The van der Waals surface area contributed by atoms with Gasteiger partial charge in [0.15, 0.2) is 0 Å². The fraction of sp³-hybridized carbons (Fsp3) is 0.444. The first kappa shape index (κ1) is 15.8. The van der Waals surface area contributed by atoms with E-state index in [4.69, 9.17) is 4.74 Å². The van der Waals surface area contributed by atoms with Gasteiger partial charge in [-0.1, -0.05) is 44.2 Å². The monoisotopic (exact) mass is 286 g/mol. The van der Waals surface area contributed by atoms with Crippen molar-refractivity contribution in [2.24, 2.45) is 0 Å². The van der Waals surface area contributed by atoms with E-state index >= 15 is 0 Å². The van der Waals surface area contributed by atoms with E-state index < -0.39 is 0 Å². The first-order valence-corrected chi connectivity index (χ1v) is 7.77. The highest BCUT2D eigenvalue weighted by Gasteiger charge is 2.05. The Kier molecular flexibility index (Phi) is 6.03. The van der Waals surface area contributed by atoms with E-state index in [9.17, 15) is 0 Å². The Bertz CT molecular complexity index is 564. The quantitative estimate of drug-likeness (QED) is 0.754. The first-order chi connectivity index (χ1) is 10.3. The van der Waals surface area contributed by atoms with Crippen molar-refractivity contribution in [3.63, 3.8) is 0 Å². The predicted molar refractivity (Wildman–Crippen MR) is 90.0 cm³/mol. The molecule has 0 aromatic heterocycles. The van der Waals surface area contributed by atoms with E-state index in [0.717, 1.165) is 38.5 Å². The second-order valence-corrected chi connectivity index (χ2v) is 5.18. The highest BCUT2D eigenvalue weighted by Crippen LogP contribution is 2.28. The smallest absolute Gasteiger partial charge is 0.126 e. The summed E-state index contributed by atoms with van der Waals surface area (Å²) >= 11 is 0. The lowest BCUT2D eigenvalue weighted by Crippen LogP contribution is -2.31. The molecule has 0 bridgehead atoms. The van der Waals surface area contributed by atoms with Gasteiger partial charge >= 0.3 is 0 Å². The second-order valence-electron chi connectivity index (χ2n) is 5.18. The number of nitrogens with zero attached hydrogens (tertiary/aromatic N) is 1. The summed E-state index contributed by atoms with van der Waals surface area (Å²) in [6.07, 6.45) is 0. The van der Waals surface area contributed by atoms with Gasteiger partial charge in [-0.05, 0) is 30.1 Å². The van der Waals surface area contributed by atoms with Crippen molar-refractivity contribution in [2.75, 3.05) is 33.3 Å². The van der Waals surface area contributed by atoms with Gasteiger partial charge in [-0.2, -0.15) is 0 Å². The van der Waals surface area contributed by atoms with Crippen LogP contribution in [0.5, 0.6) is 5.75 Å². The van der Waals surface area contributed by atoms with E-state index in [1.807, 2.05) is 0 Å². The summed E-state index contributed by atoms with van der Waals surface area (Å²) < 4.78 is 5.44. The number of fused-ring (bicyclic) bond motifs is 1. The van der Waals surface area contributed by atoms with E-state index in [-0.39, 0.29) is 0 Å². The van der Waals surface area contributed by atoms with Gasteiger partial charge in [0.2, 0.25) is 0 Å². The van der Waals surface area contributed by atoms with Crippen LogP contribution in [0.15, 0.2) is 36.4 Å². The number of benzene rings is 2. The number of methoxy groups -OCH3 is 1. The molecule has 1 N–H and O–H groups in total. The maximum Gasteiger partial charge on any atom is 0.126 e.